The molecule has 0 aromatic heterocycles. The Balaban J connectivity index is 1.80. The molecular weight excluding hydrogens is 352 g/mol. The van der Waals surface area contributed by atoms with Gasteiger partial charge in [0.05, 0.1) is 6.04 Å². The van der Waals surface area contributed by atoms with Gasteiger partial charge in [0.2, 0.25) is 5.91 Å². The highest BCUT2D eigenvalue weighted by molar-refractivity contribution is 5.94. The number of hydrogen-bond donors (Lipinski definition) is 1. The van der Waals surface area contributed by atoms with E-state index in [1.807, 2.05) is 54.6 Å². The molecule has 3 rings (SSSR count). The minimum atomic E-state index is -0.550. The maximum absolute atomic E-state index is 13.2. The van der Waals surface area contributed by atoms with Crippen LogP contribution in [0, 0.1) is 5.41 Å². The highest BCUT2D eigenvalue weighted by atomic mass is 16.6. The quantitative estimate of drug-likeness (QED) is 0.782. The van der Waals surface area contributed by atoms with Crippen LogP contribution in [-0.4, -0.2) is 29.5 Å². The lowest BCUT2D eigenvalue weighted by atomic mass is 9.74. The Kier molecular flexibility index (Phi) is 5.73. The summed E-state index contributed by atoms with van der Waals surface area (Å²) in [5.74, 6) is -0.264. The lowest BCUT2D eigenvalue weighted by Gasteiger charge is -2.32. The van der Waals surface area contributed by atoms with Crippen LogP contribution < -0.4 is 5.73 Å². The van der Waals surface area contributed by atoms with Gasteiger partial charge in [0.1, 0.15) is 6.61 Å². The number of anilines is 1. The fraction of sp³-hybridized carbons (Fsp3) is 0.391. The molecule has 1 aliphatic rings. The van der Waals surface area contributed by atoms with Gasteiger partial charge in [0, 0.05) is 12.1 Å². The number of nitrogen functional groups attached to an aromatic ring is 1. The number of benzene rings is 2. The monoisotopic (exact) mass is 380 g/mol. The van der Waals surface area contributed by atoms with Crippen LogP contribution in [0.4, 0.5) is 10.5 Å². The van der Waals surface area contributed by atoms with E-state index in [4.69, 9.17) is 10.5 Å². The third kappa shape index (κ3) is 4.53. The van der Waals surface area contributed by atoms with E-state index in [-0.39, 0.29) is 36.3 Å². The SMILES string of the molecule is CC(C)(C)[C@@H](CC(=O)N1C(=O)OCC1Cc1ccccc1)c1cccc(N)c1. The van der Waals surface area contributed by atoms with Crippen molar-refractivity contribution in [3.8, 4) is 0 Å². The zero-order valence-corrected chi connectivity index (χ0v) is 16.7. The lowest BCUT2D eigenvalue weighted by Crippen LogP contribution is -2.41. The molecule has 1 aliphatic heterocycles. The normalized spacial score (nSPS) is 18.0. The molecule has 0 saturated carbocycles. The van der Waals surface area contributed by atoms with Crippen molar-refractivity contribution in [2.24, 2.45) is 5.41 Å². The van der Waals surface area contributed by atoms with E-state index >= 15 is 0 Å². The first-order chi connectivity index (χ1) is 13.3. The zero-order chi connectivity index (χ0) is 20.3. The van der Waals surface area contributed by atoms with E-state index in [0.717, 1.165) is 11.1 Å². The molecule has 2 aromatic carbocycles. The molecular formula is C23H28N2O3. The van der Waals surface area contributed by atoms with Crippen molar-refractivity contribution in [1.82, 2.24) is 4.90 Å². The number of amides is 2. The van der Waals surface area contributed by atoms with Crippen LogP contribution in [0.5, 0.6) is 0 Å². The third-order valence-electron chi connectivity index (χ3n) is 5.28. The number of imide groups is 1. The molecule has 2 aromatic rings. The van der Waals surface area contributed by atoms with Gasteiger partial charge in [0.25, 0.3) is 0 Å². The molecule has 0 bridgehead atoms. The number of carbonyl (C=O) groups excluding carboxylic acids is 2. The van der Waals surface area contributed by atoms with Gasteiger partial charge in [0.15, 0.2) is 0 Å². The molecule has 1 unspecified atom stereocenters. The fourth-order valence-corrected chi connectivity index (χ4v) is 3.78. The summed E-state index contributed by atoms with van der Waals surface area (Å²) in [6, 6.07) is 17.2. The Bertz CT molecular complexity index is 842. The summed E-state index contributed by atoms with van der Waals surface area (Å²) in [7, 11) is 0. The van der Waals surface area contributed by atoms with Crippen molar-refractivity contribution < 1.29 is 14.3 Å². The smallest absolute Gasteiger partial charge is 0.416 e. The Labute approximate surface area is 166 Å². The van der Waals surface area contributed by atoms with E-state index in [1.54, 1.807) is 0 Å². The number of cyclic esters (lactones) is 1. The van der Waals surface area contributed by atoms with E-state index < -0.39 is 6.09 Å². The first-order valence-corrected chi connectivity index (χ1v) is 9.64. The van der Waals surface area contributed by atoms with Gasteiger partial charge in [-0.15, -0.1) is 0 Å². The van der Waals surface area contributed by atoms with E-state index in [1.165, 1.54) is 4.90 Å². The van der Waals surface area contributed by atoms with Gasteiger partial charge in [-0.2, -0.15) is 0 Å². The predicted molar refractivity (Wildman–Crippen MR) is 110 cm³/mol. The number of carbonyl (C=O) groups is 2. The van der Waals surface area contributed by atoms with Gasteiger partial charge < -0.3 is 10.5 Å². The minimum absolute atomic E-state index is 0.0609. The second-order valence-electron chi connectivity index (χ2n) is 8.48. The third-order valence-corrected chi connectivity index (χ3v) is 5.28. The Morgan fingerprint density at radius 3 is 2.54 bits per heavy atom. The Hall–Kier alpha value is -2.82. The number of ether oxygens (including phenoxy) is 1. The van der Waals surface area contributed by atoms with Gasteiger partial charge in [-0.1, -0.05) is 63.2 Å². The van der Waals surface area contributed by atoms with Crippen LogP contribution in [0.1, 0.15) is 44.2 Å². The minimum Gasteiger partial charge on any atom is -0.447 e. The molecule has 1 heterocycles. The molecule has 2 amide bonds. The van der Waals surface area contributed by atoms with E-state index in [9.17, 15) is 9.59 Å². The summed E-state index contributed by atoms with van der Waals surface area (Å²) in [5.41, 5.74) is 8.54. The first kappa shape index (κ1) is 19.9. The molecule has 1 saturated heterocycles. The summed E-state index contributed by atoms with van der Waals surface area (Å²) in [5, 5.41) is 0. The van der Waals surface area contributed by atoms with Crippen LogP contribution >= 0.6 is 0 Å². The molecule has 28 heavy (non-hydrogen) atoms. The fourth-order valence-electron chi connectivity index (χ4n) is 3.78. The topological polar surface area (TPSA) is 72.6 Å². The highest BCUT2D eigenvalue weighted by Gasteiger charge is 2.40. The van der Waals surface area contributed by atoms with Crippen LogP contribution in [-0.2, 0) is 16.0 Å². The Morgan fingerprint density at radius 2 is 1.89 bits per heavy atom. The van der Waals surface area contributed by atoms with Crippen molar-refractivity contribution in [3.05, 3.63) is 65.7 Å². The summed E-state index contributed by atoms with van der Waals surface area (Å²) < 4.78 is 5.21. The van der Waals surface area contributed by atoms with Crippen molar-refractivity contribution in [3.63, 3.8) is 0 Å². The summed E-state index contributed by atoms with van der Waals surface area (Å²) >= 11 is 0. The predicted octanol–water partition coefficient (Wildman–Crippen LogP) is 4.38. The van der Waals surface area contributed by atoms with Gasteiger partial charge in [-0.3, -0.25) is 4.79 Å². The van der Waals surface area contributed by atoms with Crippen molar-refractivity contribution in [1.29, 1.82) is 0 Å². The average Bonchev–Trinajstić information content (AvgIpc) is 2.99. The average molecular weight is 380 g/mol. The maximum atomic E-state index is 13.2. The zero-order valence-electron chi connectivity index (χ0n) is 16.7. The Morgan fingerprint density at radius 1 is 1.18 bits per heavy atom. The van der Waals surface area contributed by atoms with Crippen LogP contribution in [0.25, 0.3) is 0 Å². The van der Waals surface area contributed by atoms with Crippen LogP contribution in [0.3, 0.4) is 0 Å². The molecule has 5 heteroatoms. The molecule has 1 fully saturated rings. The molecule has 148 valence electrons. The summed E-state index contributed by atoms with van der Waals surface area (Å²) in [6.45, 7) is 6.52. The van der Waals surface area contributed by atoms with Crippen LogP contribution in [0.15, 0.2) is 54.6 Å². The molecule has 0 radical (unpaired) electrons. The molecule has 0 spiro atoms. The second kappa shape index (κ2) is 8.05. The van der Waals surface area contributed by atoms with E-state index in [2.05, 4.69) is 20.8 Å². The number of nitrogens with two attached hydrogens (primary N) is 1. The number of hydrogen-bond acceptors (Lipinski definition) is 4. The molecule has 2 atom stereocenters. The van der Waals surface area contributed by atoms with Gasteiger partial charge in [-0.25, -0.2) is 9.69 Å². The summed E-state index contributed by atoms with van der Waals surface area (Å²) in [4.78, 5) is 26.8. The number of nitrogens with zero attached hydrogens (tertiary/aromatic N) is 1. The lowest BCUT2D eigenvalue weighted by molar-refractivity contribution is -0.130. The van der Waals surface area contributed by atoms with Crippen LogP contribution in [0.2, 0.25) is 0 Å². The highest BCUT2D eigenvalue weighted by Crippen LogP contribution is 2.39. The molecule has 5 nitrogen and oxygen atoms in total. The van der Waals surface area contributed by atoms with E-state index in [0.29, 0.717) is 12.1 Å². The first-order valence-electron chi connectivity index (χ1n) is 9.64. The van der Waals surface area contributed by atoms with Gasteiger partial charge >= 0.3 is 6.09 Å². The van der Waals surface area contributed by atoms with Crippen molar-refractivity contribution in [2.75, 3.05) is 12.3 Å². The molecule has 2 N–H and O–H groups in total. The van der Waals surface area contributed by atoms with Crippen molar-refractivity contribution in [2.45, 2.75) is 45.6 Å². The second-order valence-corrected chi connectivity index (χ2v) is 8.48. The largest absolute Gasteiger partial charge is 0.447 e. The standard InChI is InChI=1S/C23H28N2O3/c1-23(2,3)20(17-10-7-11-18(24)13-17)14-21(26)25-19(15-28-22(25)27)12-16-8-5-4-6-9-16/h4-11,13,19-20H,12,14-15,24H2,1-3H3/t19?,20-/m0/s1. The summed E-state index contributed by atoms with van der Waals surface area (Å²) in [6.07, 6.45) is 0.274. The maximum Gasteiger partial charge on any atom is 0.416 e. The van der Waals surface area contributed by atoms with Gasteiger partial charge in [-0.05, 0) is 41.0 Å². The molecule has 0 aliphatic carbocycles. The van der Waals surface area contributed by atoms with Crippen molar-refractivity contribution >= 4 is 17.7 Å². The number of rotatable bonds is 5.